The second-order valence-corrected chi connectivity index (χ2v) is 5.51. The molecule has 0 aromatic heterocycles. The lowest BCUT2D eigenvalue weighted by atomic mass is 10.1. The zero-order valence-electron chi connectivity index (χ0n) is 13.1. The summed E-state index contributed by atoms with van der Waals surface area (Å²) in [6.07, 6.45) is 0.807. The van der Waals surface area contributed by atoms with Crippen LogP contribution in [0.15, 0.2) is 48.5 Å². The predicted octanol–water partition coefficient (Wildman–Crippen LogP) is 2.80. The van der Waals surface area contributed by atoms with E-state index in [0.717, 1.165) is 23.3 Å². The molecule has 0 fully saturated rings. The summed E-state index contributed by atoms with van der Waals surface area (Å²) in [4.78, 5) is 11.8. The molecule has 4 nitrogen and oxygen atoms in total. The van der Waals surface area contributed by atoms with Crippen molar-refractivity contribution in [2.75, 3.05) is 20.2 Å². The molecule has 0 aliphatic rings. The molecular weight excluding hydrogens is 312 g/mol. The SMILES string of the molecule is COc1ccccc1CCNCC(=O)NCc1ccccc1Cl. The zero-order chi connectivity index (χ0) is 16.5. The highest BCUT2D eigenvalue weighted by molar-refractivity contribution is 6.31. The van der Waals surface area contributed by atoms with Crippen LogP contribution >= 0.6 is 11.6 Å². The summed E-state index contributed by atoms with van der Waals surface area (Å²) in [5, 5.41) is 6.65. The first kappa shape index (κ1) is 17.3. The number of benzene rings is 2. The molecule has 23 heavy (non-hydrogen) atoms. The first-order valence-corrected chi connectivity index (χ1v) is 7.91. The quantitative estimate of drug-likeness (QED) is 0.731. The third-order valence-electron chi connectivity index (χ3n) is 3.48. The molecular formula is C18H21ClN2O2. The van der Waals surface area contributed by atoms with E-state index in [1.807, 2.05) is 48.5 Å². The minimum Gasteiger partial charge on any atom is -0.496 e. The van der Waals surface area contributed by atoms with Crippen LogP contribution in [0.25, 0.3) is 0 Å². The maximum absolute atomic E-state index is 11.8. The Hall–Kier alpha value is -2.04. The van der Waals surface area contributed by atoms with Gasteiger partial charge in [-0.25, -0.2) is 0 Å². The Balaban J connectivity index is 1.68. The molecule has 0 spiro atoms. The van der Waals surface area contributed by atoms with Gasteiger partial charge in [0.05, 0.1) is 13.7 Å². The topological polar surface area (TPSA) is 50.4 Å². The number of amides is 1. The lowest BCUT2D eigenvalue weighted by molar-refractivity contribution is -0.120. The van der Waals surface area contributed by atoms with Crippen molar-refractivity contribution in [1.82, 2.24) is 10.6 Å². The van der Waals surface area contributed by atoms with Crippen molar-refractivity contribution in [3.63, 3.8) is 0 Å². The molecule has 2 N–H and O–H groups in total. The van der Waals surface area contributed by atoms with E-state index < -0.39 is 0 Å². The number of hydrogen-bond donors (Lipinski definition) is 2. The number of halogens is 1. The summed E-state index contributed by atoms with van der Waals surface area (Å²) < 4.78 is 5.30. The van der Waals surface area contributed by atoms with Crippen LogP contribution in [0.3, 0.4) is 0 Å². The minimum atomic E-state index is -0.0510. The van der Waals surface area contributed by atoms with Crippen molar-refractivity contribution in [1.29, 1.82) is 0 Å². The second-order valence-electron chi connectivity index (χ2n) is 5.11. The number of carbonyl (C=O) groups is 1. The van der Waals surface area contributed by atoms with Gasteiger partial charge in [0.25, 0.3) is 0 Å². The Labute approximate surface area is 141 Å². The van der Waals surface area contributed by atoms with Crippen molar-refractivity contribution in [3.8, 4) is 5.75 Å². The monoisotopic (exact) mass is 332 g/mol. The first-order valence-electron chi connectivity index (χ1n) is 7.53. The highest BCUT2D eigenvalue weighted by atomic mass is 35.5. The lowest BCUT2D eigenvalue weighted by Crippen LogP contribution is -2.34. The summed E-state index contributed by atoms with van der Waals surface area (Å²) in [6.45, 7) is 1.42. The van der Waals surface area contributed by atoms with Gasteiger partial charge >= 0.3 is 0 Å². The molecule has 2 aromatic carbocycles. The third kappa shape index (κ3) is 5.58. The maximum atomic E-state index is 11.8. The Morgan fingerprint density at radius 1 is 1.09 bits per heavy atom. The zero-order valence-corrected chi connectivity index (χ0v) is 13.9. The standard InChI is InChI=1S/C18H21ClN2O2/c1-23-17-9-5-3-6-14(17)10-11-20-13-18(22)21-12-15-7-2-4-8-16(15)19/h2-9,20H,10-13H2,1H3,(H,21,22). The van der Waals surface area contributed by atoms with Crippen LogP contribution in [-0.2, 0) is 17.8 Å². The highest BCUT2D eigenvalue weighted by Crippen LogP contribution is 2.17. The number of methoxy groups -OCH3 is 1. The molecule has 0 aliphatic heterocycles. The fourth-order valence-electron chi connectivity index (χ4n) is 2.23. The van der Waals surface area contributed by atoms with Crippen LogP contribution in [-0.4, -0.2) is 26.1 Å². The van der Waals surface area contributed by atoms with Crippen molar-refractivity contribution in [2.24, 2.45) is 0 Å². The average molecular weight is 333 g/mol. The van der Waals surface area contributed by atoms with E-state index in [1.54, 1.807) is 7.11 Å². The van der Waals surface area contributed by atoms with Crippen LogP contribution in [0.5, 0.6) is 5.75 Å². The first-order chi connectivity index (χ1) is 11.2. The van der Waals surface area contributed by atoms with E-state index >= 15 is 0 Å². The smallest absolute Gasteiger partial charge is 0.234 e. The molecule has 0 unspecified atom stereocenters. The molecule has 0 radical (unpaired) electrons. The van der Waals surface area contributed by atoms with E-state index in [2.05, 4.69) is 10.6 Å². The number of carbonyl (C=O) groups excluding carboxylic acids is 1. The van der Waals surface area contributed by atoms with Crippen molar-refractivity contribution >= 4 is 17.5 Å². The summed E-state index contributed by atoms with van der Waals surface area (Å²) in [7, 11) is 1.66. The van der Waals surface area contributed by atoms with Gasteiger partial charge in [-0.2, -0.15) is 0 Å². The normalized spacial score (nSPS) is 10.3. The Bertz CT molecular complexity index is 646. The molecule has 0 saturated heterocycles. The van der Waals surface area contributed by atoms with Gasteiger partial charge in [0, 0.05) is 11.6 Å². The number of nitrogens with one attached hydrogen (secondary N) is 2. The predicted molar refractivity (Wildman–Crippen MR) is 92.9 cm³/mol. The van der Waals surface area contributed by atoms with Gasteiger partial charge in [0.2, 0.25) is 5.91 Å². The summed E-state index contributed by atoms with van der Waals surface area (Å²) >= 11 is 6.05. The second kappa shape index (κ2) is 9.18. The molecule has 2 rings (SSSR count). The van der Waals surface area contributed by atoms with Crippen LogP contribution in [0.1, 0.15) is 11.1 Å². The van der Waals surface area contributed by atoms with Gasteiger partial charge in [-0.05, 0) is 36.2 Å². The van der Waals surface area contributed by atoms with E-state index in [9.17, 15) is 4.79 Å². The van der Waals surface area contributed by atoms with Crippen molar-refractivity contribution in [2.45, 2.75) is 13.0 Å². The molecule has 0 atom stereocenters. The average Bonchev–Trinajstić information content (AvgIpc) is 2.58. The Morgan fingerprint density at radius 3 is 2.52 bits per heavy atom. The van der Waals surface area contributed by atoms with Gasteiger partial charge in [0.1, 0.15) is 5.75 Å². The van der Waals surface area contributed by atoms with Crippen LogP contribution in [0, 0.1) is 0 Å². The molecule has 0 bridgehead atoms. The minimum absolute atomic E-state index is 0.0510. The Kier molecular flexibility index (Phi) is 6.91. The van der Waals surface area contributed by atoms with Crippen molar-refractivity contribution < 1.29 is 9.53 Å². The number of para-hydroxylation sites is 1. The van der Waals surface area contributed by atoms with Gasteiger partial charge in [-0.3, -0.25) is 4.79 Å². The largest absolute Gasteiger partial charge is 0.496 e. The molecule has 0 aliphatic carbocycles. The molecule has 5 heteroatoms. The van der Waals surface area contributed by atoms with Crippen molar-refractivity contribution in [3.05, 3.63) is 64.7 Å². The summed E-state index contributed by atoms with van der Waals surface area (Å²) in [5.41, 5.74) is 2.04. The van der Waals surface area contributed by atoms with Crippen LogP contribution in [0.4, 0.5) is 0 Å². The number of rotatable bonds is 8. The van der Waals surface area contributed by atoms with Gasteiger partial charge in [-0.15, -0.1) is 0 Å². The van der Waals surface area contributed by atoms with Gasteiger partial charge in [-0.1, -0.05) is 48.0 Å². The number of hydrogen-bond acceptors (Lipinski definition) is 3. The van der Waals surface area contributed by atoms with Gasteiger partial charge in [0.15, 0.2) is 0 Å². The summed E-state index contributed by atoms with van der Waals surface area (Å²) in [6, 6.07) is 15.4. The maximum Gasteiger partial charge on any atom is 0.234 e. The molecule has 0 saturated carbocycles. The lowest BCUT2D eigenvalue weighted by Gasteiger charge is -2.10. The van der Waals surface area contributed by atoms with E-state index in [4.69, 9.17) is 16.3 Å². The number of ether oxygens (including phenoxy) is 1. The fraction of sp³-hybridized carbons (Fsp3) is 0.278. The molecule has 1 amide bonds. The molecule has 122 valence electrons. The molecule has 0 heterocycles. The Morgan fingerprint density at radius 2 is 1.78 bits per heavy atom. The van der Waals surface area contributed by atoms with Crippen LogP contribution < -0.4 is 15.4 Å². The molecule has 2 aromatic rings. The van der Waals surface area contributed by atoms with E-state index in [-0.39, 0.29) is 12.5 Å². The summed E-state index contributed by atoms with van der Waals surface area (Å²) in [5.74, 6) is 0.822. The highest BCUT2D eigenvalue weighted by Gasteiger charge is 2.04. The van der Waals surface area contributed by atoms with Crippen LogP contribution in [0.2, 0.25) is 5.02 Å². The van der Waals surface area contributed by atoms with E-state index in [1.165, 1.54) is 0 Å². The van der Waals surface area contributed by atoms with E-state index in [0.29, 0.717) is 18.1 Å². The fourth-order valence-corrected chi connectivity index (χ4v) is 2.44. The van der Waals surface area contributed by atoms with Gasteiger partial charge < -0.3 is 15.4 Å². The third-order valence-corrected chi connectivity index (χ3v) is 3.85.